The van der Waals surface area contributed by atoms with Gasteiger partial charge in [0.25, 0.3) is 0 Å². The molecule has 6 heteroatoms. The lowest BCUT2D eigenvalue weighted by atomic mass is 10.4. The van der Waals surface area contributed by atoms with Gasteiger partial charge in [0.05, 0.1) is 18.4 Å². The molecule has 2 aromatic heterocycles. The molecule has 0 aliphatic heterocycles. The molecule has 0 unspecified atom stereocenters. The van der Waals surface area contributed by atoms with Crippen molar-refractivity contribution in [3.63, 3.8) is 0 Å². The van der Waals surface area contributed by atoms with Crippen molar-refractivity contribution >= 4 is 6.03 Å². The second-order valence-electron chi connectivity index (χ2n) is 3.48. The van der Waals surface area contributed by atoms with Crippen molar-refractivity contribution in [1.82, 2.24) is 24.4 Å². The number of nitrogens with one attached hydrogen (secondary N) is 1. The maximum absolute atomic E-state index is 11.6. The summed E-state index contributed by atoms with van der Waals surface area (Å²) in [6.45, 7) is 2.37. The molecule has 0 spiro atoms. The van der Waals surface area contributed by atoms with E-state index in [4.69, 9.17) is 0 Å². The molecule has 0 aliphatic rings. The van der Waals surface area contributed by atoms with E-state index in [-0.39, 0.29) is 6.03 Å². The topological polar surface area (TPSA) is 64.7 Å². The van der Waals surface area contributed by atoms with Gasteiger partial charge in [0.1, 0.15) is 12.2 Å². The highest BCUT2D eigenvalue weighted by molar-refractivity contribution is 5.76. The summed E-state index contributed by atoms with van der Waals surface area (Å²) in [5, 5.41) is 2.78. The van der Waals surface area contributed by atoms with Crippen LogP contribution in [0.4, 0.5) is 4.79 Å². The number of hydrogen-bond acceptors (Lipinski definition) is 3. The zero-order valence-electron chi connectivity index (χ0n) is 9.21. The molecule has 0 aliphatic carbocycles. The Labute approximate surface area is 92.9 Å². The molecule has 16 heavy (non-hydrogen) atoms. The summed E-state index contributed by atoms with van der Waals surface area (Å²) in [7, 11) is 1.92. The van der Waals surface area contributed by atoms with Gasteiger partial charge < -0.3 is 9.88 Å². The van der Waals surface area contributed by atoms with Gasteiger partial charge in [-0.1, -0.05) is 0 Å². The van der Waals surface area contributed by atoms with Gasteiger partial charge in [-0.25, -0.2) is 14.8 Å². The van der Waals surface area contributed by atoms with E-state index in [1.165, 1.54) is 10.9 Å². The third-order valence-corrected chi connectivity index (χ3v) is 2.48. The van der Waals surface area contributed by atoms with E-state index >= 15 is 0 Å². The van der Waals surface area contributed by atoms with Crippen molar-refractivity contribution in [1.29, 1.82) is 0 Å². The molecule has 0 radical (unpaired) electrons. The van der Waals surface area contributed by atoms with Crippen molar-refractivity contribution in [3.05, 3.63) is 36.4 Å². The summed E-state index contributed by atoms with van der Waals surface area (Å²) >= 11 is 0. The maximum atomic E-state index is 11.6. The Hall–Kier alpha value is -2.11. The number of imidazole rings is 2. The molecule has 0 saturated carbocycles. The quantitative estimate of drug-likeness (QED) is 0.807. The minimum Gasteiger partial charge on any atom is -0.334 e. The van der Waals surface area contributed by atoms with Gasteiger partial charge in [-0.3, -0.25) is 4.57 Å². The van der Waals surface area contributed by atoms with E-state index in [1.54, 1.807) is 18.6 Å². The normalized spacial score (nSPS) is 10.4. The Morgan fingerprint density at radius 3 is 2.94 bits per heavy atom. The Morgan fingerprint density at radius 2 is 2.38 bits per heavy atom. The minimum atomic E-state index is -0.198. The average Bonchev–Trinajstić information content (AvgIpc) is 2.89. The second-order valence-corrected chi connectivity index (χ2v) is 3.48. The smallest absolute Gasteiger partial charge is 0.327 e. The first-order valence-corrected chi connectivity index (χ1v) is 4.92. The molecule has 2 aromatic rings. The van der Waals surface area contributed by atoms with Crippen LogP contribution in [0.1, 0.15) is 11.5 Å². The Balaban J connectivity index is 1.98. The summed E-state index contributed by atoms with van der Waals surface area (Å²) in [4.78, 5) is 19.5. The molecule has 1 N–H and O–H groups in total. The fraction of sp³-hybridized carbons (Fsp3) is 0.300. The van der Waals surface area contributed by atoms with Crippen molar-refractivity contribution in [2.75, 3.05) is 0 Å². The van der Waals surface area contributed by atoms with Crippen LogP contribution < -0.4 is 5.32 Å². The molecular weight excluding hydrogens is 206 g/mol. The van der Waals surface area contributed by atoms with Crippen LogP contribution in [0.3, 0.4) is 0 Å². The molecule has 0 saturated heterocycles. The van der Waals surface area contributed by atoms with Crippen molar-refractivity contribution in [2.45, 2.75) is 13.5 Å². The van der Waals surface area contributed by atoms with Crippen LogP contribution in [-0.2, 0) is 13.6 Å². The van der Waals surface area contributed by atoms with Gasteiger partial charge in [0.2, 0.25) is 0 Å². The third kappa shape index (κ3) is 1.95. The standard InChI is InChI=1S/C10H13N5O/c1-8-12-5-9(14(8)2)6-13-10(16)15-4-3-11-7-15/h3-5,7H,6H2,1-2H3,(H,13,16). The van der Waals surface area contributed by atoms with Crippen LogP contribution in [0.2, 0.25) is 0 Å². The number of hydrogen-bond donors (Lipinski definition) is 1. The van der Waals surface area contributed by atoms with Crippen molar-refractivity contribution in [2.24, 2.45) is 7.05 Å². The number of rotatable bonds is 2. The van der Waals surface area contributed by atoms with Crippen LogP contribution in [0, 0.1) is 6.92 Å². The van der Waals surface area contributed by atoms with Gasteiger partial charge in [-0.15, -0.1) is 0 Å². The zero-order valence-corrected chi connectivity index (χ0v) is 9.21. The highest BCUT2D eigenvalue weighted by Crippen LogP contribution is 2.00. The summed E-state index contributed by atoms with van der Waals surface area (Å²) in [6, 6.07) is -0.198. The highest BCUT2D eigenvalue weighted by atomic mass is 16.2. The predicted molar refractivity (Wildman–Crippen MR) is 57.8 cm³/mol. The number of carbonyl (C=O) groups excluding carboxylic acids is 1. The molecule has 2 heterocycles. The average molecular weight is 219 g/mol. The highest BCUT2D eigenvalue weighted by Gasteiger charge is 2.06. The molecule has 2 rings (SSSR count). The number of nitrogens with zero attached hydrogens (tertiary/aromatic N) is 4. The van der Waals surface area contributed by atoms with E-state index in [0.29, 0.717) is 6.54 Å². The van der Waals surface area contributed by atoms with Gasteiger partial charge in [0.15, 0.2) is 0 Å². The number of aryl methyl sites for hydroxylation is 1. The van der Waals surface area contributed by atoms with Crippen LogP contribution in [0.5, 0.6) is 0 Å². The van der Waals surface area contributed by atoms with E-state index in [1.807, 2.05) is 18.5 Å². The van der Waals surface area contributed by atoms with Crippen LogP contribution in [0.15, 0.2) is 24.9 Å². The van der Waals surface area contributed by atoms with Crippen molar-refractivity contribution in [3.8, 4) is 0 Å². The summed E-state index contributed by atoms with van der Waals surface area (Å²) in [5.74, 6) is 0.923. The third-order valence-electron chi connectivity index (χ3n) is 2.48. The first-order valence-electron chi connectivity index (χ1n) is 4.92. The number of carbonyl (C=O) groups is 1. The van der Waals surface area contributed by atoms with Crippen LogP contribution in [0.25, 0.3) is 0 Å². The maximum Gasteiger partial charge on any atom is 0.327 e. The zero-order chi connectivity index (χ0) is 11.5. The van der Waals surface area contributed by atoms with Gasteiger partial charge in [0, 0.05) is 19.4 Å². The van der Waals surface area contributed by atoms with Gasteiger partial charge in [-0.05, 0) is 6.92 Å². The minimum absolute atomic E-state index is 0.198. The fourth-order valence-electron chi connectivity index (χ4n) is 1.35. The second kappa shape index (κ2) is 4.18. The Bertz CT molecular complexity index is 485. The monoisotopic (exact) mass is 219 g/mol. The molecule has 84 valence electrons. The lowest BCUT2D eigenvalue weighted by molar-refractivity contribution is 0.241. The summed E-state index contributed by atoms with van der Waals surface area (Å²) in [5.41, 5.74) is 0.964. The Kier molecular flexibility index (Phi) is 2.72. The van der Waals surface area contributed by atoms with Crippen LogP contribution >= 0.6 is 0 Å². The summed E-state index contributed by atoms with van der Waals surface area (Å²) < 4.78 is 3.33. The molecule has 0 aromatic carbocycles. The number of aromatic nitrogens is 4. The largest absolute Gasteiger partial charge is 0.334 e. The van der Waals surface area contributed by atoms with E-state index in [0.717, 1.165) is 11.5 Å². The lowest BCUT2D eigenvalue weighted by Crippen LogP contribution is -2.27. The first kappa shape index (κ1) is 10.4. The first-order chi connectivity index (χ1) is 7.68. The van der Waals surface area contributed by atoms with Gasteiger partial charge >= 0.3 is 6.03 Å². The lowest BCUT2D eigenvalue weighted by Gasteiger charge is -2.06. The molecule has 1 amide bonds. The molecule has 0 bridgehead atoms. The van der Waals surface area contributed by atoms with E-state index in [2.05, 4.69) is 15.3 Å². The molecular formula is C10H13N5O. The Morgan fingerprint density at radius 1 is 1.56 bits per heavy atom. The van der Waals surface area contributed by atoms with Crippen molar-refractivity contribution < 1.29 is 4.79 Å². The predicted octanol–water partition coefficient (Wildman–Crippen LogP) is 0.683. The summed E-state index contributed by atoms with van der Waals surface area (Å²) in [6.07, 6.45) is 6.38. The number of amides is 1. The SMILES string of the molecule is Cc1ncc(CNC(=O)n2ccnc2)n1C. The molecule has 6 nitrogen and oxygen atoms in total. The molecule has 0 atom stereocenters. The molecule has 0 fully saturated rings. The van der Waals surface area contributed by atoms with Crippen LogP contribution in [-0.4, -0.2) is 25.1 Å². The van der Waals surface area contributed by atoms with E-state index in [9.17, 15) is 4.79 Å². The fourth-order valence-corrected chi connectivity index (χ4v) is 1.35. The van der Waals surface area contributed by atoms with Gasteiger partial charge in [-0.2, -0.15) is 0 Å². The van der Waals surface area contributed by atoms with E-state index < -0.39 is 0 Å².